The zero-order valence-corrected chi connectivity index (χ0v) is 11.3. The number of rotatable bonds is 6. The zero-order valence-electron chi connectivity index (χ0n) is 10.5. The van der Waals surface area contributed by atoms with Gasteiger partial charge in [0.2, 0.25) is 0 Å². The molecule has 0 spiro atoms. The van der Waals surface area contributed by atoms with Gasteiger partial charge in [0.05, 0.1) is 11.5 Å². The Bertz CT molecular complexity index is 437. The summed E-state index contributed by atoms with van der Waals surface area (Å²) in [4.78, 5) is 0. The lowest BCUT2D eigenvalue weighted by Gasteiger charge is -2.10. The minimum Gasteiger partial charge on any atom is -0.327 e. The highest BCUT2D eigenvalue weighted by atomic mass is 32.2. The molecule has 96 valence electrons. The van der Waals surface area contributed by atoms with E-state index in [1.807, 2.05) is 31.2 Å². The average molecular weight is 255 g/mol. The van der Waals surface area contributed by atoms with Gasteiger partial charge in [0, 0.05) is 6.04 Å². The summed E-state index contributed by atoms with van der Waals surface area (Å²) >= 11 is 0. The highest BCUT2D eigenvalue weighted by Gasteiger charge is 2.15. The van der Waals surface area contributed by atoms with Crippen LogP contribution in [0.3, 0.4) is 0 Å². The molecule has 0 heterocycles. The fraction of sp³-hybridized carbons (Fsp3) is 0.538. The van der Waals surface area contributed by atoms with E-state index in [9.17, 15) is 8.42 Å². The van der Waals surface area contributed by atoms with Gasteiger partial charge in [0.15, 0.2) is 9.84 Å². The van der Waals surface area contributed by atoms with Crippen molar-refractivity contribution < 1.29 is 8.42 Å². The first-order valence-electron chi connectivity index (χ1n) is 6.00. The fourth-order valence-electron chi connectivity index (χ4n) is 1.63. The second-order valence-corrected chi connectivity index (χ2v) is 6.50. The molecule has 1 aromatic carbocycles. The first-order valence-corrected chi connectivity index (χ1v) is 7.82. The Morgan fingerprint density at radius 1 is 1.12 bits per heavy atom. The highest BCUT2D eigenvalue weighted by Crippen LogP contribution is 2.10. The first kappa shape index (κ1) is 14.2. The number of hydrogen-bond donors (Lipinski definition) is 1. The summed E-state index contributed by atoms with van der Waals surface area (Å²) in [5.74, 6) is 0.156. The number of nitrogens with two attached hydrogens (primary N) is 1. The molecule has 3 nitrogen and oxygen atoms in total. The molecule has 0 saturated heterocycles. The Labute approximate surface area is 104 Å². The Morgan fingerprint density at radius 3 is 2.12 bits per heavy atom. The molecule has 0 bridgehead atoms. The highest BCUT2D eigenvalue weighted by molar-refractivity contribution is 7.90. The van der Waals surface area contributed by atoms with Crippen molar-refractivity contribution >= 4 is 9.84 Å². The Kier molecular flexibility index (Phi) is 5.15. The van der Waals surface area contributed by atoms with Crippen LogP contribution in [0.25, 0.3) is 0 Å². The molecule has 17 heavy (non-hydrogen) atoms. The Morgan fingerprint density at radius 2 is 1.65 bits per heavy atom. The van der Waals surface area contributed by atoms with E-state index in [0.29, 0.717) is 6.42 Å². The Hall–Kier alpha value is -0.870. The van der Waals surface area contributed by atoms with E-state index >= 15 is 0 Å². The maximum absolute atomic E-state index is 11.8. The third-order valence-electron chi connectivity index (χ3n) is 2.81. The van der Waals surface area contributed by atoms with E-state index in [0.717, 1.165) is 12.0 Å². The van der Waals surface area contributed by atoms with Crippen molar-refractivity contribution in [3.8, 4) is 0 Å². The summed E-state index contributed by atoms with van der Waals surface area (Å²) in [6, 6.07) is 7.46. The molecule has 0 radical (unpaired) electrons. The number of hydrogen-bond acceptors (Lipinski definition) is 3. The van der Waals surface area contributed by atoms with Crippen molar-refractivity contribution in [1.29, 1.82) is 0 Å². The fourth-order valence-corrected chi connectivity index (χ4v) is 3.33. The van der Waals surface area contributed by atoms with Crippen molar-refractivity contribution in [1.82, 2.24) is 0 Å². The van der Waals surface area contributed by atoms with Gasteiger partial charge < -0.3 is 5.73 Å². The van der Waals surface area contributed by atoms with Crippen LogP contribution in [-0.4, -0.2) is 20.2 Å². The van der Waals surface area contributed by atoms with E-state index < -0.39 is 9.84 Å². The van der Waals surface area contributed by atoms with Gasteiger partial charge in [-0.1, -0.05) is 38.1 Å². The van der Waals surface area contributed by atoms with Crippen molar-refractivity contribution in [3.05, 3.63) is 35.4 Å². The normalized spacial score (nSPS) is 13.6. The summed E-state index contributed by atoms with van der Waals surface area (Å²) in [6.45, 7) is 3.97. The van der Waals surface area contributed by atoms with Gasteiger partial charge in [-0.25, -0.2) is 8.42 Å². The smallest absolute Gasteiger partial charge is 0.155 e. The van der Waals surface area contributed by atoms with Crippen molar-refractivity contribution in [3.63, 3.8) is 0 Å². The van der Waals surface area contributed by atoms with Crippen LogP contribution in [0.15, 0.2) is 24.3 Å². The van der Waals surface area contributed by atoms with Crippen molar-refractivity contribution in [2.75, 3.05) is 5.75 Å². The predicted octanol–water partition coefficient (Wildman–Crippen LogP) is 1.90. The van der Waals surface area contributed by atoms with Crippen LogP contribution in [0.1, 0.15) is 31.4 Å². The molecular weight excluding hydrogens is 234 g/mol. The maximum atomic E-state index is 11.8. The third kappa shape index (κ3) is 4.88. The monoisotopic (exact) mass is 255 g/mol. The quantitative estimate of drug-likeness (QED) is 0.844. The second kappa shape index (κ2) is 6.17. The molecule has 1 rings (SSSR count). The maximum Gasteiger partial charge on any atom is 0.155 e. The number of benzene rings is 1. The van der Waals surface area contributed by atoms with Crippen LogP contribution >= 0.6 is 0 Å². The topological polar surface area (TPSA) is 60.2 Å². The third-order valence-corrected chi connectivity index (χ3v) is 4.52. The summed E-state index contributed by atoms with van der Waals surface area (Å²) in [7, 11) is -3.09. The van der Waals surface area contributed by atoms with E-state index in [2.05, 4.69) is 6.92 Å². The standard InChI is InChI=1S/C13H21NO2S/c1-3-11-5-7-12(8-6-11)9-17(15,16)10-13(14)4-2/h5-8,13H,3-4,9-10,14H2,1-2H3. The van der Waals surface area contributed by atoms with E-state index in [-0.39, 0.29) is 17.5 Å². The molecule has 1 aromatic rings. The van der Waals surface area contributed by atoms with Crippen molar-refractivity contribution in [2.24, 2.45) is 5.73 Å². The van der Waals surface area contributed by atoms with Gasteiger partial charge in [0.1, 0.15) is 0 Å². The van der Waals surface area contributed by atoms with E-state index in [4.69, 9.17) is 5.73 Å². The molecular formula is C13H21NO2S. The SMILES string of the molecule is CCc1ccc(CS(=O)(=O)CC(N)CC)cc1. The molecule has 0 amide bonds. The number of aryl methyl sites for hydroxylation is 1. The molecule has 0 aromatic heterocycles. The van der Waals surface area contributed by atoms with Gasteiger partial charge in [0.25, 0.3) is 0 Å². The minimum absolute atomic E-state index is 0.0685. The average Bonchev–Trinajstić information content (AvgIpc) is 2.28. The van der Waals surface area contributed by atoms with Gasteiger partial charge in [-0.2, -0.15) is 0 Å². The van der Waals surface area contributed by atoms with E-state index in [1.54, 1.807) is 0 Å². The summed E-state index contributed by atoms with van der Waals surface area (Å²) in [6.07, 6.45) is 1.65. The van der Waals surface area contributed by atoms with Crippen LogP contribution in [0.2, 0.25) is 0 Å². The van der Waals surface area contributed by atoms with Crippen LogP contribution < -0.4 is 5.73 Å². The van der Waals surface area contributed by atoms with Crippen LogP contribution in [0, 0.1) is 0 Å². The largest absolute Gasteiger partial charge is 0.327 e. The second-order valence-electron chi connectivity index (χ2n) is 4.39. The molecule has 1 unspecified atom stereocenters. The molecule has 0 saturated carbocycles. The molecule has 0 aliphatic heterocycles. The molecule has 0 fully saturated rings. The minimum atomic E-state index is -3.09. The molecule has 0 aliphatic carbocycles. The van der Waals surface area contributed by atoms with Crippen LogP contribution in [0.4, 0.5) is 0 Å². The van der Waals surface area contributed by atoms with Gasteiger partial charge in [-0.05, 0) is 24.0 Å². The molecule has 2 N–H and O–H groups in total. The summed E-state index contributed by atoms with van der Waals surface area (Å²) < 4.78 is 23.7. The van der Waals surface area contributed by atoms with Gasteiger partial charge in [-0.15, -0.1) is 0 Å². The van der Waals surface area contributed by atoms with Crippen LogP contribution in [-0.2, 0) is 22.0 Å². The van der Waals surface area contributed by atoms with E-state index in [1.165, 1.54) is 5.56 Å². The van der Waals surface area contributed by atoms with Crippen molar-refractivity contribution in [2.45, 2.75) is 38.5 Å². The first-order chi connectivity index (χ1) is 7.96. The van der Waals surface area contributed by atoms with Gasteiger partial charge in [-0.3, -0.25) is 0 Å². The van der Waals surface area contributed by atoms with Crippen LogP contribution in [0.5, 0.6) is 0 Å². The van der Waals surface area contributed by atoms with Gasteiger partial charge >= 0.3 is 0 Å². The molecule has 1 atom stereocenters. The summed E-state index contributed by atoms with van der Waals surface area (Å²) in [5, 5.41) is 0. The lowest BCUT2D eigenvalue weighted by Crippen LogP contribution is -2.29. The molecule has 4 heteroatoms. The lowest BCUT2D eigenvalue weighted by atomic mass is 10.1. The summed E-state index contributed by atoms with van der Waals surface area (Å²) in [5.41, 5.74) is 7.74. The Balaban J connectivity index is 2.69. The lowest BCUT2D eigenvalue weighted by molar-refractivity contribution is 0.583. The predicted molar refractivity (Wildman–Crippen MR) is 71.6 cm³/mol. The molecule has 0 aliphatic rings. The number of sulfone groups is 1. The zero-order chi connectivity index (χ0) is 12.9.